The van der Waals surface area contributed by atoms with Gasteiger partial charge in [0, 0.05) is 12.3 Å². The average Bonchev–Trinajstić information content (AvgIpc) is 2.03. The van der Waals surface area contributed by atoms with Gasteiger partial charge in [0.25, 0.3) is 0 Å². The predicted molar refractivity (Wildman–Crippen MR) is 39.5 cm³/mol. The van der Waals surface area contributed by atoms with Crippen LogP contribution in [0.4, 0.5) is 0 Å². The van der Waals surface area contributed by atoms with E-state index in [2.05, 4.69) is 23.0 Å². The topological polar surface area (TPSA) is 25.8 Å². The van der Waals surface area contributed by atoms with Gasteiger partial charge in [-0.1, -0.05) is 13.3 Å². The molecule has 1 rings (SSSR count). The first-order valence-corrected chi connectivity index (χ1v) is 3.60. The molecule has 2 heteroatoms. The Hall–Kier alpha value is -0.920. The molecule has 0 saturated heterocycles. The Kier molecular flexibility index (Phi) is 2.87. The molecule has 0 aliphatic carbocycles. The van der Waals surface area contributed by atoms with Gasteiger partial charge in [0.15, 0.2) is 0 Å². The zero-order chi connectivity index (χ0) is 7.23. The largest absolute Gasteiger partial charge is 0.244 e. The van der Waals surface area contributed by atoms with Crippen LogP contribution < -0.4 is 0 Å². The Morgan fingerprint density at radius 3 is 3.10 bits per heavy atom. The molecule has 53 valence electrons. The molecule has 1 aromatic heterocycles. The molecule has 0 unspecified atom stereocenters. The lowest BCUT2D eigenvalue weighted by Gasteiger charge is -1.94. The summed E-state index contributed by atoms with van der Waals surface area (Å²) in [5.74, 6) is 0. The zero-order valence-electron chi connectivity index (χ0n) is 6.17. The van der Waals surface area contributed by atoms with Gasteiger partial charge in [0.05, 0.1) is 5.69 Å². The van der Waals surface area contributed by atoms with Crippen LogP contribution in [0.2, 0.25) is 0 Å². The van der Waals surface area contributed by atoms with Gasteiger partial charge >= 0.3 is 0 Å². The van der Waals surface area contributed by atoms with Crippen LogP contribution in [0.5, 0.6) is 0 Å². The van der Waals surface area contributed by atoms with Crippen LogP contribution in [0.3, 0.4) is 0 Å². The van der Waals surface area contributed by atoms with E-state index < -0.39 is 0 Å². The second-order valence-corrected chi connectivity index (χ2v) is 2.22. The SMILES string of the molecule is CCCCc1[c]cncn1. The Balaban J connectivity index is 2.43. The van der Waals surface area contributed by atoms with E-state index in [0.29, 0.717) is 0 Å². The van der Waals surface area contributed by atoms with Crippen LogP contribution in [0.25, 0.3) is 0 Å². The number of nitrogens with zero attached hydrogens (tertiary/aromatic N) is 2. The number of rotatable bonds is 3. The smallest absolute Gasteiger partial charge is 0.115 e. The number of hydrogen-bond acceptors (Lipinski definition) is 2. The monoisotopic (exact) mass is 135 g/mol. The number of aryl methyl sites for hydroxylation is 1. The molecule has 0 aliphatic rings. The lowest BCUT2D eigenvalue weighted by atomic mass is 10.2. The lowest BCUT2D eigenvalue weighted by Crippen LogP contribution is -1.89. The molecule has 1 aromatic rings. The predicted octanol–water partition coefficient (Wildman–Crippen LogP) is 1.62. The van der Waals surface area contributed by atoms with E-state index in [0.717, 1.165) is 12.1 Å². The molecule has 0 saturated carbocycles. The number of unbranched alkanes of at least 4 members (excludes halogenated alkanes) is 1. The van der Waals surface area contributed by atoms with Crippen LogP contribution in [0.1, 0.15) is 25.5 Å². The van der Waals surface area contributed by atoms with Crippen molar-refractivity contribution in [2.24, 2.45) is 0 Å². The van der Waals surface area contributed by atoms with Gasteiger partial charge in [-0.15, -0.1) is 0 Å². The van der Waals surface area contributed by atoms with E-state index >= 15 is 0 Å². The maximum absolute atomic E-state index is 4.05. The molecule has 0 amide bonds. The Morgan fingerprint density at radius 2 is 2.50 bits per heavy atom. The highest BCUT2D eigenvalue weighted by atomic mass is 14.8. The van der Waals surface area contributed by atoms with Gasteiger partial charge in [-0.3, -0.25) is 0 Å². The Morgan fingerprint density at radius 1 is 1.60 bits per heavy atom. The van der Waals surface area contributed by atoms with Gasteiger partial charge in [0.2, 0.25) is 0 Å². The normalized spacial score (nSPS) is 9.70. The standard InChI is InChI=1S/C8H11N2/c1-2-3-4-8-5-6-9-7-10-8/h6-7H,2-4H2,1H3. The van der Waals surface area contributed by atoms with Crippen LogP contribution >= 0.6 is 0 Å². The number of hydrogen-bond donors (Lipinski definition) is 0. The Bertz CT molecular complexity index is 172. The van der Waals surface area contributed by atoms with Crippen molar-refractivity contribution in [1.82, 2.24) is 9.97 Å². The summed E-state index contributed by atoms with van der Waals surface area (Å²) in [5, 5.41) is 0. The van der Waals surface area contributed by atoms with E-state index in [1.165, 1.54) is 12.8 Å². The van der Waals surface area contributed by atoms with Gasteiger partial charge in [-0.05, 0) is 12.8 Å². The molecule has 0 bridgehead atoms. The van der Waals surface area contributed by atoms with Crippen molar-refractivity contribution >= 4 is 0 Å². The van der Waals surface area contributed by atoms with Crippen LogP contribution in [-0.4, -0.2) is 9.97 Å². The molecule has 1 heterocycles. The summed E-state index contributed by atoms with van der Waals surface area (Å²) >= 11 is 0. The molecule has 0 aliphatic heterocycles. The number of aromatic nitrogens is 2. The first-order valence-electron chi connectivity index (χ1n) is 3.60. The third kappa shape index (κ3) is 2.13. The summed E-state index contributed by atoms with van der Waals surface area (Å²) in [6.07, 6.45) is 6.66. The quantitative estimate of drug-likeness (QED) is 0.629. The van der Waals surface area contributed by atoms with E-state index in [-0.39, 0.29) is 0 Å². The minimum Gasteiger partial charge on any atom is -0.244 e. The fourth-order valence-electron chi connectivity index (χ4n) is 0.766. The minimum absolute atomic E-state index is 1.02. The van der Waals surface area contributed by atoms with Crippen LogP contribution in [-0.2, 0) is 6.42 Å². The summed E-state index contributed by atoms with van der Waals surface area (Å²) in [5.41, 5.74) is 1.02. The molecule has 1 radical (unpaired) electrons. The highest BCUT2D eigenvalue weighted by Crippen LogP contribution is 1.97. The van der Waals surface area contributed by atoms with Crippen molar-refractivity contribution in [3.8, 4) is 0 Å². The molecule has 0 N–H and O–H groups in total. The van der Waals surface area contributed by atoms with Gasteiger partial charge in [-0.25, -0.2) is 9.97 Å². The van der Waals surface area contributed by atoms with Gasteiger partial charge < -0.3 is 0 Å². The van der Waals surface area contributed by atoms with E-state index in [1.54, 1.807) is 12.5 Å². The summed E-state index contributed by atoms with van der Waals surface area (Å²) in [6.45, 7) is 2.17. The van der Waals surface area contributed by atoms with Gasteiger partial charge in [-0.2, -0.15) is 0 Å². The van der Waals surface area contributed by atoms with Gasteiger partial charge in [0.1, 0.15) is 6.33 Å². The zero-order valence-corrected chi connectivity index (χ0v) is 6.17. The molecule has 0 atom stereocenters. The molecule has 0 fully saturated rings. The van der Waals surface area contributed by atoms with Crippen molar-refractivity contribution in [3.05, 3.63) is 24.3 Å². The second kappa shape index (κ2) is 3.99. The van der Waals surface area contributed by atoms with E-state index in [9.17, 15) is 0 Å². The van der Waals surface area contributed by atoms with Crippen molar-refractivity contribution in [2.75, 3.05) is 0 Å². The van der Waals surface area contributed by atoms with Crippen molar-refractivity contribution in [3.63, 3.8) is 0 Å². The fraction of sp³-hybridized carbons (Fsp3) is 0.500. The average molecular weight is 135 g/mol. The highest BCUT2D eigenvalue weighted by molar-refractivity contribution is 4.94. The summed E-state index contributed by atoms with van der Waals surface area (Å²) < 4.78 is 0. The molecular weight excluding hydrogens is 124 g/mol. The van der Waals surface area contributed by atoms with Crippen LogP contribution in [0, 0.1) is 6.07 Å². The van der Waals surface area contributed by atoms with E-state index in [1.807, 2.05) is 0 Å². The minimum atomic E-state index is 1.02. The molecule has 0 spiro atoms. The molecule has 2 nitrogen and oxygen atoms in total. The highest BCUT2D eigenvalue weighted by Gasteiger charge is 1.90. The Labute approximate surface area is 61.3 Å². The second-order valence-electron chi connectivity index (χ2n) is 2.22. The fourth-order valence-corrected chi connectivity index (χ4v) is 0.766. The van der Waals surface area contributed by atoms with E-state index in [4.69, 9.17) is 0 Å². The van der Waals surface area contributed by atoms with Crippen molar-refractivity contribution in [1.29, 1.82) is 0 Å². The first-order chi connectivity index (χ1) is 4.93. The van der Waals surface area contributed by atoms with Crippen molar-refractivity contribution < 1.29 is 0 Å². The summed E-state index contributed by atoms with van der Waals surface area (Å²) in [4.78, 5) is 7.84. The lowest BCUT2D eigenvalue weighted by molar-refractivity contribution is 0.772. The third-order valence-corrected chi connectivity index (χ3v) is 1.35. The molecule has 0 aromatic carbocycles. The molecular formula is C8H11N2. The summed E-state index contributed by atoms with van der Waals surface area (Å²) in [6, 6.07) is 2.98. The first kappa shape index (κ1) is 7.19. The third-order valence-electron chi connectivity index (χ3n) is 1.35. The maximum atomic E-state index is 4.05. The summed E-state index contributed by atoms with van der Waals surface area (Å²) in [7, 11) is 0. The molecule has 10 heavy (non-hydrogen) atoms. The van der Waals surface area contributed by atoms with Crippen molar-refractivity contribution in [2.45, 2.75) is 26.2 Å². The maximum Gasteiger partial charge on any atom is 0.115 e. The van der Waals surface area contributed by atoms with Crippen LogP contribution in [0.15, 0.2) is 12.5 Å².